The first-order valence-corrected chi connectivity index (χ1v) is 8.65. The number of rotatable bonds is 6. The first-order chi connectivity index (χ1) is 12.3. The van der Waals surface area contributed by atoms with Crippen molar-refractivity contribution < 1.29 is 17.9 Å². The van der Waals surface area contributed by atoms with Crippen LogP contribution in [0.5, 0.6) is 5.75 Å². The van der Waals surface area contributed by atoms with Crippen LogP contribution in [0.15, 0.2) is 29.3 Å². The number of nitrogens with zero attached hydrogens (tertiary/aromatic N) is 3. The number of ether oxygens (including phenoxy) is 1. The molecule has 9 heteroatoms. The molecule has 0 spiro atoms. The van der Waals surface area contributed by atoms with Crippen LogP contribution in [0.25, 0.3) is 0 Å². The van der Waals surface area contributed by atoms with Crippen molar-refractivity contribution in [1.82, 2.24) is 9.80 Å². The summed E-state index contributed by atoms with van der Waals surface area (Å²) < 4.78 is 40.2. The zero-order valence-electron chi connectivity index (χ0n) is 14.9. The summed E-state index contributed by atoms with van der Waals surface area (Å²) in [4.78, 5) is 9.03. The van der Waals surface area contributed by atoms with E-state index in [9.17, 15) is 13.2 Å². The lowest BCUT2D eigenvalue weighted by atomic mass is 10.3. The average molecular weight is 373 g/mol. The van der Waals surface area contributed by atoms with Crippen molar-refractivity contribution in [2.45, 2.75) is 19.2 Å². The monoisotopic (exact) mass is 373 g/mol. The molecule has 1 heterocycles. The van der Waals surface area contributed by atoms with Gasteiger partial charge in [0.05, 0.1) is 0 Å². The zero-order chi connectivity index (χ0) is 19.0. The average Bonchev–Trinajstić information content (AvgIpc) is 2.77. The van der Waals surface area contributed by atoms with E-state index >= 15 is 0 Å². The molecule has 0 saturated carbocycles. The summed E-state index contributed by atoms with van der Waals surface area (Å²) in [7, 11) is 2.14. The van der Waals surface area contributed by atoms with Crippen LogP contribution in [-0.4, -0.2) is 68.4 Å². The molecule has 0 aliphatic carbocycles. The smallest absolute Gasteiger partial charge is 0.406 e. The van der Waals surface area contributed by atoms with Crippen molar-refractivity contribution in [3.05, 3.63) is 24.3 Å². The van der Waals surface area contributed by atoms with Crippen LogP contribution >= 0.6 is 0 Å². The molecule has 0 aromatic heterocycles. The summed E-state index contributed by atoms with van der Waals surface area (Å²) >= 11 is 0. The maximum absolute atomic E-state index is 12.1. The molecule has 6 nitrogen and oxygen atoms in total. The normalized spacial score (nSPS) is 17.8. The van der Waals surface area contributed by atoms with Crippen LogP contribution in [0.4, 0.5) is 18.9 Å². The molecule has 0 atom stereocenters. The number of likely N-dealkylation sites (N-methyl/N-ethyl adjacent to an activating group) is 1. The zero-order valence-corrected chi connectivity index (χ0v) is 14.9. The Labute approximate surface area is 151 Å². The molecule has 146 valence electrons. The molecule has 26 heavy (non-hydrogen) atoms. The number of alkyl halides is 3. The van der Waals surface area contributed by atoms with Gasteiger partial charge >= 0.3 is 6.36 Å². The van der Waals surface area contributed by atoms with E-state index in [1.807, 2.05) is 0 Å². The van der Waals surface area contributed by atoms with Crippen molar-refractivity contribution in [3.8, 4) is 5.75 Å². The topological polar surface area (TPSA) is 66.1 Å². The number of hydrogen-bond acceptors (Lipinski definition) is 4. The molecule has 1 aliphatic rings. The SMILES string of the molecule is CN1CCCN(CCCN=C(N)Nc2ccc(OC(F)(F)F)cc2)CC1. The first kappa shape index (κ1) is 20.3. The number of aliphatic imine (C=N–C) groups is 1. The molecule has 2 rings (SSSR count). The third-order valence-electron chi connectivity index (χ3n) is 4.09. The second-order valence-electron chi connectivity index (χ2n) is 6.32. The molecule has 1 fully saturated rings. The van der Waals surface area contributed by atoms with Crippen molar-refractivity contribution in [2.24, 2.45) is 10.7 Å². The highest BCUT2D eigenvalue weighted by Gasteiger charge is 2.30. The largest absolute Gasteiger partial charge is 0.573 e. The second kappa shape index (κ2) is 9.63. The summed E-state index contributed by atoms with van der Waals surface area (Å²) in [5.74, 6) is -0.0354. The van der Waals surface area contributed by atoms with Gasteiger partial charge < -0.3 is 25.6 Å². The molecule has 1 aliphatic heterocycles. The van der Waals surface area contributed by atoms with Gasteiger partial charge in [0, 0.05) is 25.3 Å². The lowest BCUT2D eigenvalue weighted by Crippen LogP contribution is -2.30. The number of guanidine groups is 1. The summed E-state index contributed by atoms with van der Waals surface area (Å²) in [6.07, 6.45) is -2.61. The molecule has 0 unspecified atom stereocenters. The van der Waals surface area contributed by atoms with Gasteiger partial charge in [0.1, 0.15) is 5.75 Å². The Morgan fingerprint density at radius 2 is 1.92 bits per heavy atom. The molecular weight excluding hydrogens is 347 g/mol. The van der Waals surface area contributed by atoms with Crippen LogP contribution in [0.2, 0.25) is 0 Å². The van der Waals surface area contributed by atoms with Crippen molar-refractivity contribution in [2.75, 3.05) is 51.6 Å². The minimum Gasteiger partial charge on any atom is -0.406 e. The fraction of sp³-hybridized carbons (Fsp3) is 0.588. The molecular formula is C17H26F3N5O. The van der Waals surface area contributed by atoms with Crippen LogP contribution in [0, 0.1) is 0 Å². The Kier molecular flexibility index (Phi) is 7.52. The van der Waals surface area contributed by atoms with Gasteiger partial charge in [-0.3, -0.25) is 4.99 Å². The van der Waals surface area contributed by atoms with Gasteiger partial charge in [0.15, 0.2) is 5.96 Å². The second-order valence-corrected chi connectivity index (χ2v) is 6.32. The van der Waals surface area contributed by atoms with Gasteiger partial charge in [-0.25, -0.2) is 0 Å². The maximum atomic E-state index is 12.1. The van der Waals surface area contributed by atoms with Gasteiger partial charge in [-0.1, -0.05) is 0 Å². The van der Waals surface area contributed by atoms with Crippen LogP contribution in [-0.2, 0) is 0 Å². The highest BCUT2D eigenvalue weighted by molar-refractivity contribution is 5.92. The summed E-state index contributed by atoms with van der Waals surface area (Å²) in [5, 5.41) is 2.86. The van der Waals surface area contributed by atoms with Gasteiger partial charge in [0.25, 0.3) is 0 Å². The molecule has 1 aromatic carbocycles. The quantitative estimate of drug-likeness (QED) is 0.455. The number of nitrogens with one attached hydrogen (secondary N) is 1. The van der Waals surface area contributed by atoms with Crippen molar-refractivity contribution in [1.29, 1.82) is 0 Å². The van der Waals surface area contributed by atoms with E-state index < -0.39 is 6.36 Å². The number of nitrogens with two attached hydrogens (primary N) is 1. The summed E-state index contributed by atoms with van der Waals surface area (Å²) in [5.41, 5.74) is 6.37. The van der Waals surface area contributed by atoms with E-state index in [0.29, 0.717) is 12.2 Å². The molecule has 1 saturated heterocycles. The van der Waals surface area contributed by atoms with Crippen molar-refractivity contribution in [3.63, 3.8) is 0 Å². The Morgan fingerprint density at radius 3 is 2.62 bits per heavy atom. The third-order valence-corrected chi connectivity index (χ3v) is 4.09. The highest BCUT2D eigenvalue weighted by atomic mass is 19.4. The van der Waals surface area contributed by atoms with Crippen LogP contribution in [0.3, 0.4) is 0 Å². The minimum absolute atomic E-state index is 0.241. The minimum atomic E-state index is -4.70. The van der Waals surface area contributed by atoms with E-state index in [2.05, 4.69) is 31.9 Å². The van der Waals surface area contributed by atoms with E-state index in [4.69, 9.17) is 5.73 Å². The number of anilines is 1. The van der Waals surface area contributed by atoms with Crippen molar-refractivity contribution >= 4 is 11.6 Å². The highest BCUT2D eigenvalue weighted by Crippen LogP contribution is 2.23. The Balaban J connectivity index is 1.70. The molecule has 0 bridgehead atoms. The third kappa shape index (κ3) is 7.92. The van der Waals surface area contributed by atoms with Gasteiger partial charge in [-0.05, 0) is 63.8 Å². The van der Waals surface area contributed by atoms with Gasteiger partial charge in [-0.2, -0.15) is 0 Å². The number of benzene rings is 1. The lowest BCUT2D eigenvalue weighted by molar-refractivity contribution is -0.274. The lowest BCUT2D eigenvalue weighted by Gasteiger charge is -2.19. The molecule has 1 aromatic rings. The summed E-state index contributed by atoms with van der Waals surface area (Å²) in [6.45, 7) is 5.97. The Morgan fingerprint density at radius 1 is 1.19 bits per heavy atom. The van der Waals surface area contributed by atoms with Crippen LogP contribution < -0.4 is 15.8 Å². The van der Waals surface area contributed by atoms with Gasteiger partial charge in [-0.15, -0.1) is 13.2 Å². The molecule has 0 amide bonds. The predicted octanol–water partition coefficient (Wildman–Crippen LogP) is 2.34. The first-order valence-electron chi connectivity index (χ1n) is 8.65. The fourth-order valence-corrected chi connectivity index (χ4v) is 2.74. The number of halogens is 3. The molecule has 3 N–H and O–H groups in total. The predicted molar refractivity (Wildman–Crippen MR) is 96.4 cm³/mol. The summed E-state index contributed by atoms with van der Waals surface area (Å²) in [6, 6.07) is 5.35. The number of hydrogen-bond donors (Lipinski definition) is 2. The maximum Gasteiger partial charge on any atom is 0.573 e. The van der Waals surface area contributed by atoms with Crippen LogP contribution in [0.1, 0.15) is 12.8 Å². The Bertz CT molecular complexity index is 577. The van der Waals surface area contributed by atoms with E-state index in [1.165, 1.54) is 30.7 Å². The van der Waals surface area contributed by atoms with Gasteiger partial charge in [0.2, 0.25) is 0 Å². The van der Waals surface area contributed by atoms with E-state index in [-0.39, 0.29) is 11.7 Å². The standard InChI is InChI=1S/C17H26F3N5O/c1-24-9-3-11-25(13-12-24)10-2-8-22-16(21)23-14-4-6-15(7-5-14)26-17(18,19)20/h4-7H,2-3,8-13H2,1H3,(H3,21,22,23). The van der Waals surface area contributed by atoms with E-state index in [0.717, 1.165) is 39.1 Å². The Hall–Kier alpha value is -2.00. The molecule has 0 radical (unpaired) electrons. The fourth-order valence-electron chi connectivity index (χ4n) is 2.74. The van der Waals surface area contributed by atoms with E-state index in [1.54, 1.807) is 0 Å².